The molecule has 0 saturated carbocycles. The summed E-state index contributed by atoms with van der Waals surface area (Å²) in [5, 5.41) is 0. The number of hydrogen-bond acceptors (Lipinski definition) is 4. The highest BCUT2D eigenvalue weighted by Crippen LogP contribution is 2.29. The Balaban J connectivity index is 1.60. The van der Waals surface area contributed by atoms with Crippen LogP contribution in [0.25, 0.3) is 0 Å². The summed E-state index contributed by atoms with van der Waals surface area (Å²) in [6.45, 7) is 13.5. The highest BCUT2D eigenvalue weighted by atomic mass is 16.7. The van der Waals surface area contributed by atoms with Crippen molar-refractivity contribution in [2.24, 2.45) is 0 Å². The number of likely N-dealkylation sites (N-methyl/N-ethyl adjacent to an activating group) is 1. The van der Waals surface area contributed by atoms with E-state index in [1.807, 2.05) is 13.8 Å². The molecule has 4 nitrogen and oxygen atoms in total. The Morgan fingerprint density at radius 3 is 2.32 bits per heavy atom. The largest absolute Gasteiger partial charge is 0.563 e. The lowest BCUT2D eigenvalue weighted by Crippen LogP contribution is -2.43. The van der Waals surface area contributed by atoms with Gasteiger partial charge in [-0.3, -0.25) is 4.90 Å². The molecule has 2 aliphatic heterocycles. The van der Waals surface area contributed by atoms with Crippen LogP contribution in [0.15, 0.2) is 36.6 Å². The molecule has 0 N–H and O–H groups in total. The third kappa shape index (κ3) is 3.37. The van der Waals surface area contributed by atoms with Crippen molar-refractivity contribution in [3.63, 3.8) is 0 Å². The van der Waals surface area contributed by atoms with Crippen molar-refractivity contribution in [3.05, 3.63) is 42.2 Å². The van der Waals surface area contributed by atoms with Crippen LogP contribution in [0.4, 0.5) is 0 Å². The molecular weight excluding hydrogens is 275 g/mol. The minimum atomic E-state index is -0.414. The maximum atomic E-state index is 5.91. The van der Waals surface area contributed by atoms with E-state index in [1.54, 1.807) is 0 Å². The predicted molar refractivity (Wildman–Crippen MR) is 90.0 cm³/mol. The fourth-order valence-electron chi connectivity index (χ4n) is 2.81. The summed E-state index contributed by atoms with van der Waals surface area (Å²) in [4.78, 5) is 4.88. The van der Waals surface area contributed by atoms with Gasteiger partial charge in [0.15, 0.2) is 0 Å². The van der Waals surface area contributed by atoms with Crippen molar-refractivity contribution < 1.29 is 9.31 Å². The highest BCUT2D eigenvalue weighted by molar-refractivity contribution is 6.62. The molecule has 1 aromatic carbocycles. The van der Waals surface area contributed by atoms with E-state index in [-0.39, 0.29) is 7.12 Å². The van der Waals surface area contributed by atoms with Crippen LogP contribution in [0.3, 0.4) is 0 Å². The van der Waals surface area contributed by atoms with Gasteiger partial charge in [0.25, 0.3) is 0 Å². The summed E-state index contributed by atoms with van der Waals surface area (Å²) in [6, 6.07) is 8.55. The fourth-order valence-corrected chi connectivity index (χ4v) is 2.81. The standard InChI is InChI=1S/C17H25BN2O2/c1-14-17(2,3)22-18(21-14)16-7-5-15(6-8-16)13-20-11-9-19(4)10-12-20/h5-8H,1,9-13H2,2-4H3. The van der Waals surface area contributed by atoms with E-state index in [9.17, 15) is 0 Å². The van der Waals surface area contributed by atoms with Gasteiger partial charge in [-0.25, -0.2) is 0 Å². The van der Waals surface area contributed by atoms with Crippen molar-refractivity contribution in [1.29, 1.82) is 0 Å². The summed E-state index contributed by atoms with van der Waals surface area (Å²) in [5.41, 5.74) is 1.97. The van der Waals surface area contributed by atoms with Gasteiger partial charge in [-0.05, 0) is 31.9 Å². The first kappa shape index (κ1) is 15.6. The minimum Gasteiger partial charge on any atom is -0.534 e. The molecule has 3 rings (SSSR count). The molecule has 0 aromatic heterocycles. The monoisotopic (exact) mass is 300 g/mol. The van der Waals surface area contributed by atoms with Crippen LogP contribution in [-0.4, -0.2) is 55.7 Å². The summed E-state index contributed by atoms with van der Waals surface area (Å²) >= 11 is 0. The molecule has 0 radical (unpaired) electrons. The quantitative estimate of drug-likeness (QED) is 0.789. The summed E-state index contributed by atoms with van der Waals surface area (Å²) in [7, 11) is 1.85. The Kier molecular flexibility index (Phi) is 4.30. The Bertz CT molecular complexity index is 536. The topological polar surface area (TPSA) is 24.9 Å². The summed E-state index contributed by atoms with van der Waals surface area (Å²) in [6.07, 6.45) is 0. The number of hydrogen-bond donors (Lipinski definition) is 0. The Labute approximate surface area is 133 Å². The third-order valence-corrected chi connectivity index (χ3v) is 4.58. The second-order valence-electron chi connectivity index (χ2n) is 6.82. The van der Waals surface area contributed by atoms with E-state index in [2.05, 4.69) is 47.7 Å². The lowest BCUT2D eigenvalue weighted by molar-refractivity contribution is 0.148. The van der Waals surface area contributed by atoms with Gasteiger partial charge in [-0.1, -0.05) is 30.8 Å². The molecule has 0 spiro atoms. The first-order valence-electron chi connectivity index (χ1n) is 7.98. The van der Waals surface area contributed by atoms with Crippen molar-refractivity contribution in [3.8, 4) is 0 Å². The Morgan fingerprint density at radius 1 is 1.14 bits per heavy atom. The molecule has 0 amide bonds. The fraction of sp³-hybridized carbons (Fsp3) is 0.529. The zero-order valence-corrected chi connectivity index (χ0v) is 13.8. The molecule has 5 heteroatoms. The second kappa shape index (κ2) is 6.07. The molecule has 0 atom stereocenters. The zero-order chi connectivity index (χ0) is 15.7. The maximum Gasteiger partial charge on any atom is 0.563 e. The van der Waals surface area contributed by atoms with Gasteiger partial charge in [0, 0.05) is 32.7 Å². The van der Waals surface area contributed by atoms with Crippen LogP contribution in [0.5, 0.6) is 0 Å². The molecular formula is C17H25BN2O2. The molecule has 0 aliphatic carbocycles. The van der Waals surface area contributed by atoms with Crippen LogP contribution in [0.2, 0.25) is 0 Å². The third-order valence-electron chi connectivity index (χ3n) is 4.58. The van der Waals surface area contributed by atoms with E-state index >= 15 is 0 Å². The maximum absolute atomic E-state index is 5.91. The van der Waals surface area contributed by atoms with Crippen molar-refractivity contribution in [2.45, 2.75) is 26.0 Å². The van der Waals surface area contributed by atoms with Crippen molar-refractivity contribution >= 4 is 12.6 Å². The molecule has 2 fully saturated rings. The van der Waals surface area contributed by atoms with E-state index in [4.69, 9.17) is 9.31 Å². The molecule has 0 bridgehead atoms. The summed E-state index contributed by atoms with van der Waals surface area (Å²) < 4.78 is 11.6. The van der Waals surface area contributed by atoms with Crippen molar-refractivity contribution in [2.75, 3.05) is 33.2 Å². The smallest absolute Gasteiger partial charge is 0.534 e. The Hall–Kier alpha value is -1.30. The van der Waals surface area contributed by atoms with Gasteiger partial charge in [-0.2, -0.15) is 0 Å². The van der Waals surface area contributed by atoms with Crippen LogP contribution < -0.4 is 5.46 Å². The molecule has 1 aromatic rings. The van der Waals surface area contributed by atoms with Gasteiger partial charge >= 0.3 is 7.12 Å². The normalized spacial score (nSPS) is 22.9. The number of benzene rings is 1. The van der Waals surface area contributed by atoms with Gasteiger partial charge in [0.1, 0.15) is 5.60 Å². The first-order valence-corrected chi connectivity index (χ1v) is 7.98. The molecule has 22 heavy (non-hydrogen) atoms. The summed E-state index contributed by atoms with van der Waals surface area (Å²) in [5.74, 6) is 0.694. The van der Waals surface area contributed by atoms with E-state index in [0.29, 0.717) is 5.76 Å². The lowest BCUT2D eigenvalue weighted by Gasteiger charge is -2.32. The average molecular weight is 300 g/mol. The molecule has 118 valence electrons. The zero-order valence-electron chi connectivity index (χ0n) is 13.8. The Morgan fingerprint density at radius 2 is 1.77 bits per heavy atom. The van der Waals surface area contributed by atoms with Gasteiger partial charge < -0.3 is 14.2 Å². The van der Waals surface area contributed by atoms with Gasteiger partial charge in [0.2, 0.25) is 0 Å². The van der Waals surface area contributed by atoms with E-state index in [0.717, 1.165) is 38.2 Å². The molecule has 0 unspecified atom stereocenters. The predicted octanol–water partition coefficient (Wildman–Crippen LogP) is 1.47. The molecule has 2 heterocycles. The van der Waals surface area contributed by atoms with Gasteiger partial charge in [0.05, 0.1) is 5.76 Å². The number of piperazine rings is 1. The number of nitrogens with zero attached hydrogens (tertiary/aromatic N) is 2. The van der Waals surface area contributed by atoms with E-state index < -0.39 is 5.60 Å². The number of rotatable bonds is 3. The van der Waals surface area contributed by atoms with Crippen LogP contribution >= 0.6 is 0 Å². The average Bonchev–Trinajstić information content (AvgIpc) is 2.76. The second-order valence-corrected chi connectivity index (χ2v) is 6.82. The van der Waals surface area contributed by atoms with Crippen LogP contribution in [-0.2, 0) is 15.9 Å². The van der Waals surface area contributed by atoms with Crippen molar-refractivity contribution in [1.82, 2.24) is 9.80 Å². The SMILES string of the molecule is C=C1OB(c2ccc(CN3CCN(C)CC3)cc2)OC1(C)C. The first-order chi connectivity index (χ1) is 10.4. The molecule has 2 aliphatic rings. The van der Waals surface area contributed by atoms with Crippen LogP contribution in [0, 0.1) is 0 Å². The highest BCUT2D eigenvalue weighted by Gasteiger charge is 2.42. The van der Waals surface area contributed by atoms with E-state index in [1.165, 1.54) is 5.56 Å². The van der Waals surface area contributed by atoms with Gasteiger partial charge in [-0.15, -0.1) is 0 Å². The lowest BCUT2D eigenvalue weighted by atomic mass is 9.79. The molecule has 2 saturated heterocycles. The van der Waals surface area contributed by atoms with Crippen LogP contribution in [0.1, 0.15) is 19.4 Å². The minimum absolute atomic E-state index is 0.333.